The van der Waals surface area contributed by atoms with Crippen molar-refractivity contribution in [2.24, 2.45) is 0 Å². The summed E-state index contributed by atoms with van der Waals surface area (Å²) in [7, 11) is 2.06. The van der Waals surface area contributed by atoms with E-state index < -0.39 is 11.7 Å². The smallest absolute Gasteiger partial charge is 0.301 e. The number of nitrogens with zero attached hydrogens (tertiary/aromatic N) is 4. The molecule has 1 aliphatic rings. The number of aromatic nitrogens is 2. The zero-order valence-electron chi connectivity index (χ0n) is 15.0. The highest BCUT2D eigenvalue weighted by atomic mass is 19.4. The van der Waals surface area contributed by atoms with Gasteiger partial charge in [-0.15, -0.1) is 0 Å². The van der Waals surface area contributed by atoms with Crippen LogP contribution in [0, 0.1) is 0 Å². The van der Waals surface area contributed by atoms with Crippen LogP contribution in [0.1, 0.15) is 24.0 Å². The first kappa shape index (κ1) is 18.9. The fourth-order valence-electron chi connectivity index (χ4n) is 3.48. The van der Waals surface area contributed by atoms with Gasteiger partial charge in [-0.05, 0) is 56.7 Å². The highest BCUT2D eigenvalue weighted by Crippen LogP contribution is 2.29. The summed E-state index contributed by atoms with van der Waals surface area (Å²) in [6.45, 7) is 4.67. The van der Waals surface area contributed by atoms with Crippen LogP contribution in [-0.2, 0) is 19.3 Å². The third-order valence-corrected chi connectivity index (χ3v) is 5.10. The van der Waals surface area contributed by atoms with Gasteiger partial charge in [0.2, 0.25) is 0 Å². The Kier molecular flexibility index (Phi) is 5.98. The van der Waals surface area contributed by atoms with Gasteiger partial charge < -0.3 is 4.90 Å². The third kappa shape index (κ3) is 5.08. The molecule has 142 valence electrons. The largest absolute Gasteiger partial charge is 0.416 e. The number of benzene rings is 1. The van der Waals surface area contributed by atoms with E-state index in [0.29, 0.717) is 12.6 Å². The minimum Gasteiger partial charge on any atom is -0.301 e. The Labute approximate surface area is 152 Å². The summed E-state index contributed by atoms with van der Waals surface area (Å²) >= 11 is 0. The lowest BCUT2D eigenvalue weighted by molar-refractivity contribution is -0.137. The van der Waals surface area contributed by atoms with E-state index >= 15 is 0 Å². The van der Waals surface area contributed by atoms with E-state index in [1.54, 1.807) is 18.3 Å². The first-order valence-electron chi connectivity index (χ1n) is 8.98. The number of alkyl halides is 3. The second kappa shape index (κ2) is 8.22. The minimum absolute atomic E-state index is 0.471. The number of hydrogen-bond donors (Lipinski definition) is 0. The van der Waals surface area contributed by atoms with Gasteiger partial charge in [0.25, 0.3) is 0 Å². The van der Waals surface area contributed by atoms with E-state index in [4.69, 9.17) is 0 Å². The van der Waals surface area contributed by atoms with Gasteiger partial charge in [-0.3, -0.25) is 9.58 Å². The van der Waals surface area contributed by atoms with Crippen LogP contribution in [0.15, 0.2) is 42.7 Å². The molecule has 0 amide bonds. The van der Waals surface area contributed by atoms with Crippen molar-refractivity contribution in [2.75, 3.05) is 26.7 Å². The summed E-state index contributed by atoms with van der Waals surface area (Å²) in [6, 6.07) is 7.90. The van der Waals surface area contributed by atoms with Gasteiger partial charge in [0, 0.05) is 31.5 Å². The Bertz CT molecular complexity index is 659. The average molecular weight is 366 g/mol. The van der Waals surface area contributed by atoms with Crippen molar-refractivity contribution in [3.63, 3.8) is 0 Å². The molecule has 1 aromatic carbocycles. The third-order valence-electron chi connectivity index (χ3n) is 5.10. The molecule has 0 unspecified atom stereocenters. The molecular weight excluding hydrogens is 341 g/mol. The van der Waals surface area contributed by atoms with Crippen LogP contribution in [0.5, 0.6) is 0 Å². The van der Waals surface area contributed by atoms with Gasteiger partial charge in [-0.25, -0.2) is 0 Å². The fraction of sp³-hybridized carbons (Fsp3) is 0.526. The van der Waals surface area contributed by atoms with Gasteiger partial charge in [0.05, 0.1) is 12.1 Å². The quantitative estimate of drug-likeness (QED) is 0.782. The maximum absolute atomic E-state index is 12.6. The fourth-order valence-corrected chi connectivity index (χ4v) is 3.48. The molecule has 1 fully saturated rings. The lowest BCUT2D eigenvalue weighted by Crippen LogP contribution is -2.43. The number of piperidine rings is 1. The second-order valence-corrected chi connectivity index (χ2v) is 6.95. The maximum atomic E-state index is 12.6. The van der Waals surface area contributed by atoms with E-state index in [9.17, 15) is 13.2 Å². The first-order valence-corrected chi connectivity index (χ1v) is 8.98. The van der Waals surface area contributed by atoms with E-state index in [-0.39, 0.29) is 0 Å². The molecule has 0 spiro atoms. The van der Waals surface area contributed by atoms with Crippen molar-refractivity contribution < 1.29 is 13.2 Å². The monoisotopic (exact) mass is 366 g/mol. The Balaban J connectivity index is 1.44. The predicted octanol–water partition coefficient (Wildman–Crippen LogP) is 3.50. The SMILES string of the molecule is CN(Cc1ccc(C(F)(F)F)cc1)C1CCN(CCn2cccn2)CC1. The molecule has 1 aliphatic heterocycles. The highest BCUT2D eigenvalue weighted by Gasteiger charge is 2.30. The minimum atomic E-state index is -4.27. The van der Waals surface area contributed by atoms with Crippen molar-refractivity contribution >= 4 is 0 Å². The lowest BCUT2D eigenvalue weighted by Gasteiger charge is -2.36. The average Bonchev–Trinajstić information content (AvgIpc) is 3.13. The Morgan fingerprint density at radius 1 is 1.12 bits per heavy atom. The summed E-state index contributed by atoms with van der Waals surface area (Å²) in [5.74, 6) is 0. The summed E-state index contributed by atoms with van der Waals surface area (Å²) < 4.78 is 39.9. The molecule has 0 N–H and O–H groups in total. The van der Waals surface area contributed by atoms with Crippen molar-refractivity contribution in [1.29, 1.82) is 0 Å². The molecule has 1 aromatic heterocycles. The van der Waals surface area contributed by atoms with Crippen LogP contribution < -0.4 is 0 Å². The highest BCUT2D eigenvalue weighted by molar-refractivity contribution is 5.24. The van der Waals surface area contributed by atoms with Crippen molar-refractivity contribution in [3.05, 3.63) is 53.9 Å². The molecule has 0 radical (unpaired) electrons. The van der Waals surface area contributed by atoms with E-state index in [0.717, 1.165) is 44.6 Å². The van der Waals surface area contributed by atoms with Gasteiger partial charge in [-0.2, -0.15) is 18.3 Å². The standard InChI is InChI=1S/C19H25F3N4/c1-24(15-16-3-5-17(6-4-16)19(20,21)22)18-7-11-25(12-8-18)13-14-26-10-2-9-23-26/h2-6,9-10,18H,7-8,11-15H2,1H3. The molecular formula is C19H25F3N4. The normalized spacial score (nSPS) is 17.1. The summed E-state index contributed by atoms with van der Waals surface area (Å²) in [6.07, 6.45) is 1.66. The molecule has 7 heteroatoms. The summed E-state index contributed by atoms with van der Waals surface area (Å²) in [5, 5.41) is 4.22. The zero-order valence-corrected chi connectivity index (χ0v) is 15.0. The Hall–Kier alpha value is -1.86. The molecule has 0 bridgehead atoms. The molecule has 2 heterocycles. The maximum Gasteiger partial charge on any atom is 0.416 e. The van der Waals surface area contributed by atoms with Crippen molar-refractivity contribution in [1.82, 2.24) is 19.6 Å². The summed E-state index contributed by atoms with van der Waals surface area (Å²) in [5.41, 5.74) is 0.330. The lowest BCUT2D eigenvalue weighted by atomic mass is 10.0. The Morgan fingerprint density at radius 3 is 2.38 bits per heavy atom. The Morgan fingerprint density at radius 2 is 1.81 bits per heavy atom. The molecule has 4 nitrogen and oxygen atoms in total. The van der Waals surface area contributed by atoms with Gasteiger partial charge >= 0.3 is 6.18 Å². The number of halogens is 3. The second-order valence-electron chi connectivity index (χ2n) is 6.95. The number of likely N-dealkylation sites (tertiary alicyclic amines) is 1. The topological polar surface area (TPSA) is 24.3 Å². The summed E-state index contributed by atoms with van der Waals surface area (Å²) in [4.78, 5) is 4.71. The van der Waals surface area contributed by atoms with E-state index in [2.05, 4.69) is 21.9 Å². The van der Waals surface area contributed by atoms with E-state index in [1.807, 2.05) is 16.9 Å². The first-order chi connectivity index (χ1) is 12.4. The van der Waals surface area contributed by atoms with Crippen LogP contribution in [0.25, 0.3) is 0 Å². The molecule has 1 saturated heterocycles. The van der Waals surface area contributed by atoms with Crippen LogP contribution in [0.4, 0.5) is 13.2 Å². The predicted molar refractivity (Wildman–Crippen MR) is 94.6 cm³/mol. The van der Waals surface area contributed by atoms with Gasteiger partial charge in [0.1, 0.15) is 0 Å². The molecule has 0 saturated carbocycles. The van der Waals surface area contributed by atoms with Crippen LogP contribution in [0.3, 0.4) is 0 Å². The van der Waals surface area contributed by atoms with Crippen molar-refractivity contribution in [3.8, 4) is 0 Å². The zero-order chi connectivity index (χ0) is 18.6. The number of rotatable bonds is 6. The van der Waals surface area contributed by atoms with Gasteiger partial charge in [-0.1, -0.05) is 12.1 Å². The van der Waals surface area contributed by atoms with Crippen molar-refractivity contribution in [2.45, 2.75) is 38.1 Å². The van der Waals surface area contributed by atoms with Crippen LogP contribution in [-0.4, -0.2) is 52.3 Å². The molecule has 0 atom stereocenters. The van der Waals surface area contributed by atoms with Crippen LogP contribution >= 0.6 is 0 Å². The van der Waals surface area contributed by atoms with Crippen LogP contribution in [0.2, 0.25) is 0 Å². The molecule has 3 rings (SSSR count). The molecule has 2 aromatic rings. The number of hydrogen-bond acceptors (Lipinski definition) is 3. The molecule has 26 heavy (non-hydrogen) atoms. The van der Waals surface area contributed by atoms with E-state index in [1.165, 1.54) is 12.1 Å². The van der Waals surface area contributed by atoms with Gasteiger partial charge in [0.15, 0.2) is 0 Å². The molecule has 0 aliphatic carbocycles.